The van der Waals surface area contributed by atoms with Crippen LogP contribution in [0.5, 0.6) is 0 Å². The molecule has 0 aliphatic heterocycles. The third-order valence-corrected chi connectivity index (χ3v) is 9.39. The predicted octanol–water partition coefficient (Wildman–Crippen LogP) is 5.41. The molecule has 4 nitrogen and oxygen atoms in total. The molecule has 0 bridgehead atoms. The van der Waals surface area contributed by atoms with Crippen LogP contribution in [0.2, 0.25) is 0 Å². The second-order valence-corrected chi connectivity index (χ2v) is 12.0. The van der Waals surface area contributed by atoms with E-state index < -0.39 is 15.1 Å². The van der Waals surface area contributed by atoms with E-state index in [1.807, 2.05) is 13.8 Å². The molecule has 0 aromatic heterocycles. The van der Waals surface area contributed by atoms with Crippen molar-refractivity contribution in [1.82, 2.24) is 0 Å². The van der Waals surface area contributed by atoms with Gasteiger partial charge in [-0.2, -0.15) is 0 Å². The first-order chi connectivity index (χ1) is 9.80. The van der Waals surface area contributed by atoms with Crippen molar-refractivity contribution in [2.75, 3.05) is 38.4 Å². The highest BCUT2D eigenvalue weighted by molar-refractivity contribution is 7.75. The van der Waals surface area contributed by atoms with Crippen LogP contribution in [-0.4, -0.2) is 43.3 Å². The fourth-order valence-electron chi connectivity index (χ4n) is 1.36. The molecular weight excluding hydrogens is 306 g/mol. The molecule has 0 saturated heterocycles. The Kier molecular flexibility index (Phi) is 16.0. The van der Waals surface area contributed by atoms with Gasteiger partial charge < -0.3 is 4.89 Å². The van der Waals surface area contributed by atoms with Crippen molar-refractivity contribution in [3.8, 4) is 0 Å². The van der Waals surface area contributed by atoms with Gasteiger partial charge in [0.05, 0.1) is 13.2 Å². The standard InChI is InChI=1S/C8H19O4P.C7H18P/c1-3-5-7-11-13(9,10)12-8-6-4-2;1-5-8(4,6-2)7-3/h3-8H2,1-2H3,(H,9,10);5-7H2,1-4H3. The summed E-state index contributed by atoms with van der Waals surface area (Å²) in [7, 11) is -4.16. The van der Waals surface area contributed by atoms with E-state index in [9.17, 15) is 4.57 Å². The van der Waals surface area contributed by atoms with Gasteiger partial charge in [-0.3, -0.25) is 9.05 Å². The van der Waals surface area contributed by atoms with Gasteiger partial charge >= 0.3 is 7.82 Å². The Bertz CT molecular complexity index is 246. The monoisotopic (exact) mass is 343 g/mol. The third kappa shape index (κ3) is 15.2. The van der Waals surface area contributed by atoms with Gasteiger partial charge in [-0.15, -0.1) is 7.26 Å². The summed E-state index contributed by atoms with van der Waals surface area (Å²) < 4.78 is 20.5. The van der Waals surface area contributed by atoms with Crippen LogP contribution in [0.1, 0.15) is 60.3 Å². The van der Waals surface area contributed by atoms with Gasteiger partial charge in [-0.05, 0) is 38.0 Å². The summed E-state index contributed by atoms with van der Waals surface area (Å²) >= 11 is 0. The van der Waals surface area contributed by atoms with E-state index in [0.717, 1.165) is 25.7 Å². The number of hydrogen-bond acceptors (Lipinski definition) is 3. The van der Waals surface area contributed by atoms with E-state index in [4.69, 9.17) is 13.9 Å². The quantitative estimate of drug-likeness (QED) is 0.402. The van der Waals surface area contributed by atoms with Gasteiger partial charge in [0.15, 0.2) is 0 Å². The number of unbranched alkanes of at least 4 members (excludes halogenated alkanes) is 2. The van der Waals surface area contributed by atoms with E-state index >= 15 is 0 Å². The van der Waals surface area contributed by atoms with Crippen molar-refractivity contribution in [3.63, 3.8) is 0 Å². The molecule has 0 unspecified atom stereocenters. The van der Waals surface area contributed by atoms with Gasteiger partial charge in [0.25, 0.3) is 0 Å². The van der Waals surface area contributed by atoms with Gasteiger partial charge in [-0.25, -0.2) is 4.57 Å². The Labute approximate surface area is 133 Å². The van der Waals surface area contributed by atoms with Crippen molar-refractivity contribution < 1.29 is 18.5 Å². The Balaban J connectivity index is 0. The summed E-state index contributed by atoms with van der Waals surface area (Å²) in [5, 5.41) is 0. The smallest absolute Gasteiger partial charge is 0.302 e. The average Bonchev–Trinajstić information content (AvgIpc) is 2.47. The van der Waals surface area contributed by atoms with Crippen LogP contribution in [0.25, 0.3) is 0 Å². The first kappa shape index (κ1) is 23.8. The van der Waals surface area contributed by atoms with Crippen LogP contribution in [0, 0.1) is 0 Å². The molecule has 0 saturated carbocycles. The van der Waals surface area contributed by atoms with Crippen LogP contribution in [-0.2, 0) is 13.6 Å². The second kappa shape index (κ2) is 14.2. The van der Waals surface area contributed by atoms with Crippen LogP contribution < -0.4 is 0 Å². The molecule has 6 heteroatoms. The largest absolute Gasteiger partial charge is 0.472 e. The van der Waals surface area contributed by atoms with Crippen LogP contribution >= 0.6 is 15.1 Å². The van der Waals surface area contributed by atoms with E-state index in [-0.39, 0.29) is 13.2 Å². The normalized spacial score (nSPS) is 12.0. The summed E-state index contributed by atoms with van der Waals surface area (Å²) in [5.74, 6) is 0. The van der Waals surface area contributed by atoms with Gasteiger partial charge in [0.1, 0.15) is 0 Å². The van der Waals surface area contributed by atoms with Gasteiger partial charge in [-0.1, -0.05) is 47.5 Å². The Hall–Kier alpha value is 0.540. The highest BCUT2D eigenvalue weighted by atomic mass is 31.2. The fraction of sp³-hybridized carbons (Fsp3) is 1.00. The molecule has 0 rings (SSSR count). The zero-order chi connectivity index (χ0) is 16.8. The fourth-order valence-corrected chi connectivity index (χ4v) is 3.49. The van der Waals surface area contributed by atoms with Crippen molar-refractivity contribution in [3.05, 3.63) is 0 Å². The molecule has 1 radical (unpaired) electrons. The Morgan fingerprint density at radius 3 is 1.33 bits per heavy atom. The zero-order valence-electron chi connectivity index (χ0n) is 14.9. The van der Waals surface area contributed by atoms with Crippen LogP contribution in [0.15, 0.2) is 0 Å². The number of hydrogen-bond donors (Lipinski definition) is 1. The van der Waals surface area contributed by atoms with E-state index in [0.29, 0.717) is 0 Å². The minimum atomic E-state index is -3.75. The average molecular weight is 343 g/mol. The molecule has 0 atom stereocenters. The molecule has 0 aliphatic rings. The third-order valence-electron chi connectivity index (χ3n) is 3.79. The maximum atomic E-state index is 11.1. The molecule has 0 aromatic rings. The SMILES string of the molecule is CCCCOP(=O)(O)OCCCC.CC[P](C)(CC)CC. The lowest BCUT2D eigenvalue weighted by Crippen LogP contribution is -1.98. The molecule has 0 aromatic carbocycles. The van der Waals surface area contributed by atoms with Crippen molar-refractivity contribution in [2.24, 2.45) is 0 Å². The minimum Gasteiger partial charge on any atom is -0.302 e. The zero-order valence-corrected chi connectivity index (χ0v) is 16.7. The molecule has 131 valence electrons. The number of phosphoric ester groups is 1. The molecular formula is C15H37O4P2. The van der Waals surface area contributed by atoms with E-state index in [1.54, 1.807) is 0 Å². The summed E-state index contributed by atoms with van der Waals surface area (Å²) in [4.78, 5) is 9.08. The van der Waals surface area contributed by atoms with Crippen molar-refractivity contribution >= 4 is 15.1 Å². The lowest BCUT2D eigenvalue weighted by molar-refractivity contribution is 0.146. The molecule has 21 heavy (non-hydrogen) atoms. The molecule has 0 fully saturated rings. The molecule has 1 N–H and O–H groups in total. The maximum Gasteiger partial charge on any atom is 0.472 e. The van der Waals surface area contributed by atoms with Crippen LogP contribution in [0.3, 0.4) is 0 Å². The van der Waals surface area contributed by atoms with E-state index in [2.05, 4.69) is 27.4 Å². The second-order valence-electron chi connectivity index (χ2n) is 5.41. The topological polar surface area (TPSA) is 55.8 Å². The van der Waals surface area contributed by atoms with Gasteiger partial charge in [0.2, 0.25) is 0 Å². The Morgan fingerprint density at radius 2 is 1.14 bits per heavy atom. The molecule has 0 amide bonds. The molecule has 0 aliphatic carbocycles. The molecule has 0 heterocycles. The summed E-state index contributed by atoms with van der Waals surface area (Å²) in [6.45, 7) is 14.0. The Morgan fingerprint density at radius 1 is 0.810 bits per heavy atom. The highest BCUT2D eigenvalue weighted by Crippen LogP contribution is 2.53. The van der Waals surface area contributed by atoms with Crippen molar-refractivity contribution in [1.29, 1.82) is 0 Å². The number of rotatable bonds is 11. The summed E-state index contributed by atoms with van der Waals surface area (Å²) in [6.07, 6.45) is 7.73. The highest BCUT2D eigenvalue weighted by Gasteiger charge is 2.19. The molecule has 0 spiro atoms. The summed E-state index contributed by atoms with van der Waals surface area (Å²) in [5.41, 5.74) is 0. The van der Waals surface area contributed by atoms with Crippen molar-refractivity contribution in [2.45, 2.75) is 60.3 Å². The first-order valence-electron chi connectivity index (χ1n) is 8.26. The lowest BCUT2D eigenvalue weighted by Gasteiger charge is -2.27. The minimum absolute atomic E-state index is 0.288. The predicted molar refractivity (Wildman–Crippen MR) is 96.0 cm³/mol. The first-order valence-corrected chi connectivity index (χ1v) is 12.5. The lowest BCUT2D eigenvalue weighted by atomic mass is 10.4. The summed E-state index contributed by atoms with van der Waals surface area (Å²) in [6, 6.07) is 0. The van der Waals surface area contributed by atoms with Gasteiger partial charge in [0, 0.05) is 0 Å². The number of phosphoric acid groups is 1. The maximum absolute atomic E-state index is 11.1. The van der Waals surface area contributed by atoms with E-state index in [1.165, 1.54) is 18.5 Å². The van der Waals surface area contributed by atoms with Crippen LogP contribution in [0.4, 0.5) is 0 Å².